The topological polar surface area (TPSA) is 63.9 Å². The van der Waals surface area contributed by atoms with E-state index in [1.807, 2.05) is 18.3 Å². The van der Waals surface area contributed by atoms with Crippen LogP contribution in [0.15, 0.2) is 24.5 Å². The first-order valence-corrected chi connectivity index (χ1v) is 3.64. The van der Waals surface area contributed by atoms with Crippen molar-refractivity contribution in [2.24, 2.45) is 5.90 Å². The molecule has 0 saturated carbocycles. The van der Waals surface area contributed by atoms with Crippen molar-refractivity contribution in [2.75, 3.05) is 0 Å². The van der Waals surface area contributed by atoms with Crippen LogP contribution in [0.4, 0.5) is 0 Å². The van der Waals surface area contributed by atoms with E-state index in [-0.39, 0.29) is 0 Å². The molecule has 0 aliphatic rings. The summed E-state index contributed by atoms with van der Waals surface area (Å²) in [6, 6.07) is 3.86. The lowest BCUT2D eigenvalue weighted by Gasteiger charge is -1.93. The lowest BCUT2D eigenvalue weighted by molar-refractivity contribution is 0.125. The SMILES string of the molecule is NOCc1c[nH]c2ncccc12. The average molecular weight is 163 g/mol. The predicted molar refractivity (Wildman–Crippen MR) is 45.1 cm³/mol. The molecule has 3 N–H and O–H groups in total. The second-order valence-electron chi connectivity index (χ2n) is 2.52. The zero-order valence-corrected chi connectivity index (χ0v) is 6.45. The molecule has 0 unspecified atom stereocenters. The second-order valence-corrected chi connectivity index (χ2v) is 2.52. The van der Waals surface area contributed by atoms with Crippen LogP contribution in [0.2, 0.25) is 0 Å². The molecule has 0 fully saturated rings. The fourth-order valence-electron chi connectivity index (χ4n) is 1.22. The summed E-state index contributed by atoms with van der Waals surface area (Å²) in [5.41, 5.74) is 1.89. The van der Waals surface area contributed by atoms with Gasteiger partial charge in [-0.05, 0) is 12.1 Å². The first-order chi connectivity index (χ1) is 5.92. The van der Waals surface area contributed by atoms with Crippen molar-refractivity contribution in [3.63, 3.8) is 0 Å². The van der Waals surface area contributed by atoms with Crippen LogP contribution < -0.4 is 5.90 Å². The number of nitrogens with one attached hydrogen (secondary N) is 1. The molecule has 0 amide bonds. The summed E-state index contributed by atoms with van der Waals surface area (Å²) in [5, 5.41) is 1.06. The van der Waals surface area contributed by atoms with Crippen LogP contribution in [0.1, 0.15) is 5.56 Å². The van der Waals surface area contributed by atoms with E-state index in [1.54, 1.807) is 6.20 Å². The van der Waals surface area contributed by atoms with Gasteiger partial charge in [0.1, 0.15) is 5.65 Å². The molecule has 12 heavy (non-hydrogen) atoms. The van der Waals surface area contributed by atoms with Gasteiger partial charge in [-0.15, -0.1) is 0 Å². The van der Waals surface area contributed by atoms with Crippen LogP contribution in [0.5, 0.6) is 0 Å². The van der Waals surface area contributed by atoms with Gasteiger partial charge >= 0.3 is 0 Å². The third kappa shape index (κ3) is 1.07. The largest absolute Gasteiger partial charge is 0.346 e. The highest BCUT2D eigenvalue weighted by Gasteiger charge is 2.01. The Balaban J connectivity index is 2.55. The lowest BCUT2D eigenvalue weighted by atomic mass is 10.2. The number of rotatable bonds is 2. The summed E-state index contributed by atoms with van der Waals surface area (Å²) in [5.74, 6) is 4.98. The van der Waals surface area contributed by atoms with Gasteiger partial charge in [0, 0.05) is 23.3 Å². The molecular formula is C8H9N3O. The van der Waals surface area contributed by atoms with Crippen molar-refractivity contribution in [3.8, 4) is 0 Å². The molecule has 0 aliphatic heterocycles. The second kappa shape index (κ2) is 2.92. The van der Waals surface area contributed by atoms with E-state index in [9.17, 15) is 0 Å². The smallest absolute Gasteiger partial charge is 0.137 e. The molecule has 2 aromatic heterocycles. The number of aromatic amines is 1. The Morgan fingerprint density at radius 2 is 2.50 bits per heavy atom. The number of H-pyrrole nitrogens is 1. The molecule has 4 nitrogen and oxygen atoms in total. The van der Waals surface area contributed by atoms with E-state index < -0.39 is 0 Å². The van der Waals surface area contributed by atoms with Crippen LogP contribution >= 0.6 is 0 Å². The molecule has 0 bridgehead atoms. The van der Waals surface area contributed by atoms with Gasteiger partial charge in [-0.3, -0.25) is 4.84 Å². The van der Waals surface area contributed by atoms with E-state index in [2.05, 4.69) is 14.8 Å². The zero-order valence-electron chi connectivity index (χ0n) is 6.45. The van der Waals surface area contributed by atoms with Crippen molar-refractivity contribution < 1.29 is 4.84 Å². The first kappa shape index (κ1) is 7.27. The third-order valence-corrected chi connectivity index (χ3v) is 1.78. The van der Waals surface area contributed by atoms with Crippen molar-refractivity contribution >= 4 is 11.0 Å². The molecule has 2 heterocycles. The number of pyridine rings is 1. The van der Waals surface area contributed by atoms with Gasteiger partial charge in [-0.2, -0.15) is 0 Å². The first-order valence-electron chi connectivity index (χ1n) is 3.64. The lowest BCUT2D eigenvalue weighted by Crippen LogP contribution is -1.97. The molecule has 0 spiro atoms. The van der Waals surface area contributed by atoms with Gasteiger partial charge < -0.3 is 4.98 Å². The Morgan fingerprint density at radius 3 is 3.33 bits per heavy atom. The molecular weight excluding hydrogens is 154 g/mol. The maximum Gasteiger partial charge on any atom is 0.137 e. The number of nitrogens with two attached hydrogens (primary N) is 1. The Labute approximate surface area is 69.3 Å². The fraction of sp³-hybridized carbons (Fsp3) is 0.125. The van der Waals surface area contributed by atoms with Crippen molar-refractivity contribution in [1.29, 1.82) is 0 Å². The summed E-state index contributed by atoms with van der Waals surface area (Å²) in [6.45, 7) is 0.408. The Morgan fingerprint density at radius 1 is 1.58 bits per heavy atom. The number of hydrogen-bond donors (Lipinski definition) is 2. The highest BCUT2D eigenvalue weighted by Crippen LogP contribution is 2.15. The summed E-state index contributed by atoms with van der Waals surface area (Å²) in [6.07, 6.45) is 3.59. The molecule has 0 atom stereocenters. The van der Waals surface area contributed by atoms with Gasteiger partial charge in [-0.25, -0.2) is 10.9 Å². The van der Waals surface area contributed by atoms with E-state index in [4.69, 9.17) is 5.90 Å². The molecule has 0 aromatic carbocycles. The van der Waals surface area contributed by atoms with Crippen LogP contribution in [0, 0.1) is 0 Å². The van der Waals surface area contributed by atoms with Gasteiger partial charge in [-0.1, -0.05) is 0 Å². The summed E-state index contributed by atoms with van der Waals surface area (Å²) in [7, 11) is 0. The maximum absolute atomic E-state index is 4.98. The molecule has 2 rings (SSSR count). The van der Waals surface area contributed by atoms with Crippen LogP contribution in [-0.4, -0.2) is 9.97 Å². The molecule has 0 radical (unpaired) electrons. The normalized spacial score (nSPS) is 10.8. The number of hydrogen-bond acceptors (Lipinski definition) is 3. The standard InChI is InChI=1S/C8H9N3O/c9-12-5-6-4-11-8-7(6)2-1-3-10-8/h1-4H,5,9H2,(H,10,11). The highest BCUT2D eigenvalue weighted by molar-refractivity contribution is 5.79. The van der Waals surface area contributed by atoms with E-state index >= 15 is 0 Å². The fourth-order valence-corrected chi connectivity index (χ4v) is 1.22. The van der Waals surface area contributed by atoms with Gasteiger partial charge in [0.05, 0.1) is 6.61 Å². The number of fused-ring (bicyclic) bond motifs is 1. The van der Waals surface area contributed by atoms with E-state index in [0.29, 0.717) is 6.61 Å². The third-order valence-electron chi connectivity index (χ3n) is 1.78. The van der Waals surface area contributed by atoms with E-state index in [0.717, 1.165) is 16.6 Å². The van der Waals surface area contributed by atoms with Crippen LogP contribution in [0.25, 0.3) is 11.0 Å². The Kier molecular flexibility index (Phi) is 1.77. The Hall–Kier alpha value is -1.39. The molecule has 2 aromatic rings. The van der Waals surface area contributed by atoms with Crippen molar-refractivity contribution in [1.82, 2.24) is 9.97 Å². The van der Waals surface area contributed by atoms with E-state index in [1.165, 1.54) is 0 Å². The van der Waals surface area contributed by atoms with Gasteiger partial charge in [0.15, 0.2) is 0 Å². The summed E-state index contributed by atoms with van der Waals surface area (Å²) < 4.78 is 0. The van der Waals surface area contributed by atoms with Crippen molar-refractivity contribution in [3.05, 3.63) is 30.1 Å². The minimum atomic E-state index is 0.408. The number of aromatic nitrogens is 2. The Bertz CT molecular complexity index is 382. The molecule has 4 heteroatoms. The number of nitrogens with zero attached hydrogens (tertiary/aromatic N) is 1. The maximum atomic E-state index is 4.98. The predicted octanol–water partition coefficient (Wildman–Crippen LogP) is 0.953. The van der Waals surface area contributed by atoms with Crippen LogP contribution in [0.3, 0.4) is 0 Å². The monoisotopic (exact) mass is 163 g/mol. The van der Waals surface area contributed by atoms with Crippen LogP contribution in [-0.2, 0) is 11.4 Å². The zero-order chi connectivity index (χ0) is 8.39. The quantitative estimate of drug-likeness (QED) is 0.648. The van der Waals surface area contributed by atoms with Crippen molar-refractivity contribution in [2.45, 2.75) is 6.61 Å². The summed E-state index contributed by atoms with van der Waals surface area (Å²) >= 11 is 0. The molecule has 0 saturated heterocycles. The molecule has 62 valence electrons. The summed E-state index contributed by atoms with van der Waals surface area (Å²) in [4.78, 5) is 11.7. The minimum Gasteiger partial charge on any atom is -0.346 e. The molecule has 0 aliphatic carbocycles. The highest BCUT2D eigenvalue weighted by atomic mass is 16.6. The average Bonchev–Trinajstić information content (AvgIpc) is 2.50. The van der Waals surface area contributed by atoms with Gasteiger partial charge in [0.2, 0.25) is 0 Å². The van der Waals surface area contributed by atoms with Gasteiger partial charge in [0.25, 0.3) is 0 Å². The minimum absolute atomic E-state index is 0.408.